The van der Waals surface area contributed by atoms with E-state index in [4.69, 9.17) is 0 Å². The summed E-state index contributed by atoms with van der Waals surface area (Å²) in [6.07, 6.45) is 0. The van der Waals surface area contributed by atoms with E-state index in [1.807, 2.05) is 6.92 Å². The number of hydrogen-bond acceptors (Lipinski definition) is 0. The third-order valence-electron chi connectivity index (χ3n) is 2.95. The average molecular weight is 207 g/mol. The zero-order valence-corrected chi connectivity index (χ0v) is 9.25. The molecule has 0 aliphatic carbocycles. The van der Waals surface area contributed by atoms with Gasteiger partial charge in [0.05, 0.1) is 0 Å². The Morgan fingerprint density at radius 3 is 2.38 bits per heavy atom. The zero-order chi connectivity index (χ0) is 11.1. The highest BCUT2D eigenvalue weighted by Crippen LogP contribution is 2.25. The smallest absolute Gasteiger partial charge is 0.0465 e. The van der Waals surface area contributed by atoms with Crippen molar-refractivity contribution in [3.8, 4) is 0 Å². The highest BCUT2D eigenvalue weighted by atomic mass is 14.7. The van der Waals surface area contributed by atoms with E-state index >= 15 is 0 Å². The molecule has 1 N–H and O–H groups in total. The van der Waals surface area contributed by atoms with Crippen molar-refractivity contribution in [3.05, 3.63) is 54.7 Å². The summed E-state index contributed by atoms with van der Waals surface area (Å²) in [6, 6.07) is 15.0. The van der Waals surface area contributed by atoms with Crippen molar-refractivity contribution >= 4 is 27.2 Å². The van der Waals surface area contributed by atoms with E-state index in [9.17, 15) is 0 Å². The highest BCUT2D eigenvalue weighted by molar-refractivity contribution is 5.98. The molecule has 0 radical (unpaired) electrons. The normalized spacial score (nSPS) is 11.1. The molecule has 1 heterocycles. The van der Waals surface area contributed by atoms with Crippen LogP contribution in [0.2, 0.25) is 0 Å². The maximum absolute atomic E-state index is 3.96. The molecule has 16 heavy (non-hydrogen) atoms. The van der Waals surface area contributed by atoms with Gasteiger partial charge in [0.1, 0.15) is 0 Å². The van der Waals surface area contributed by atoms with Gasteiger partial charge in [0.15, 0.2) is 0 Å². The van der Waals surface area contributed by atoms with Crippen molar-refractivity contribution in [2.45, 2.75) is 6.92 Å². The second kappa shape index (κ2) is 3.24. The monoisotopic (exact) mass is 207 g/mol. The van der Waals surface area contributed by atoms with Gasteiger partial charge in [-0.15, -0.1) is 0 Å². The van der Waals surface area contributed by atoms with Crippen molar-refractivity contribution in [3.63, 3.8) is 0 Å². The molecular weight excluding hydrogens is 194 g/mol. The molecule has 0 unspecified atom stereocenters. The van der Waals surface area contributed by atoms with E-state index in [0.717, 1.165) is 11.3 Å². The molecule has 3 aromatic rings. The Balaban J connectivity index is 2.38. The molecule has 0 saturated carbocycles. The molecule has 0 amide bonds. The molecular formula is C15H13N. The van der Waals surface area contributed by atoms with Gasteiger partial charge < -0.3 is 4.98 Å². The molecule has 1 nitrogen and oxygen atoms in total. The fourth-order valence-corrected chi connectivity index (χ4v) is 2.05. The van der Waals surface area contributed by atoms with Crippen molar-refractivity contribution in [2.24, 2.45) is 0 Å². The number of fused-ring (bicyclic) bond motifs is 2. The molecule has 0 spiro atoms. The van der Waals surface area contributed by atoms with Gasteiger partial charge in [0, 0.05) is 16.6 Å². The minimum atomic E-state index is 1.07. The first-order chi connectivity index (χ1) is 7.74. The lowest BCUT2D eigenvalue weighted by atomic mass is 10.1. The summed E-state index contributed by atoms with van der Waals surface area (Å²) in [7, 11) is 0. The molecule has 2 aromatic carbocycles. The fourth-order valence-electron chi connectivity index (χ4n) is 2.05. The van der Waals surface area contributed by atoms with Gasteiger partial charge in [0.2, 0.25) is 0 Å². The van der Waals surface area contributed by atoms with Gasteiger partial charge in [-0.2, -0.15) is 0 Å². The summed E-state index contributed by atoms with van der Waals surface area (Å²) in [6.45, 7) is 5.98. The first kappa shape index (κ1) is 9.22. The van der Waals surface area contributed by atoms with E-state index in [1.54, 1.807) is 0 Å². The summed E-state index contributed by atoms with van der Waals surface area (Å²) in [5.41, 5.74) is 3.36. The van der Waals surface area contributed by atoms with Crippen LogP contribution in [0.15, 0.2) is 49.0 Å². The van der Waals surface area contributed by atoms with Gasteiger partial charge in [-0.25, -0.2) is 0 Å². The number of benzene rings is 2. The van der Waals surface area contributed by atoms with Crippen molar-refractivity contribution < 1.29 is 0 Å². The largest absolute Gasteiger partial charge is 0.355 e. The number of hydrogen-bond donors (Lipinski definition) is 1. The molecule has 3 rings (SSSR count). The standard InChI is InChI=1S/C15H13N/c1-10(2)14-9-13-7-11-5-3-4-6-12(11)8-15(13)16-14/h3-9,16H,1H2,2H3. The molecule has 0 aliphatic heterocycles. The number of rotatable bonds is 1. The molecule has 0 saturated heterocycles. The summed E-state index contributed by atoms with van der Waals surface area (Å²) in [5, 5.41) is 3.80. The van der Waals surface area contributed by atoms with Crippen LogP contribution in [0.1, 0.15) is 12.6 Å². The summed E-state index contributed by atoms with van der Waals surface area (Å²) in [4.78, 5) is 3.39. The zero-order valence-electron chi connectivity index (χ0n) is 9.25. The first-order valence-corrected chi connectivity index (χ1v) is 5.41. The van der Waals surface area contributed by atoms with Crippen LogP contribution in [0.25, 0.3) is 27.2 Å². The number of aromatic amines is 1. The number of H-pyrrole nitrogens is 1. The predicted molar refractivity (Wildman–Crippen MR) is 70.5 cm³/mol. The second-order valence-electron chi connectivity index (χ2n) is 4.25. The molecule has 78 valence electrons. The van der Waals surface area contributed by atoms with Crippen LogP contribution in [0.5, 0.6) is 0 Å². The number of aromatic nitrogens is 1. The van der Waals surface area contributed by atoms with Crippen LogP contribution in [0, 0.1) is 0 Å². The van der Waals surface area contributed by atoms with Crippen molar-refractivity contribution in [1.82, 2.24) is 4.98 Å². The van der Waals surface area contributed by atoms with E-state index in [0.29, 0.717) is 0 Å². The van der Waals surface area contributed by atoms with Crippen LogP contribution in [-0.2, 0) is 0 Å². The maximum Gasteiger partial charge on any atom is 0.0465 e. The van der Waals surface area contributed by atoms with Gasteiger partial charge in [-0.3, -0.25) is 0 Å². The summed E-state index contributed by atoms with van der Waals surface area (Å²) in [5.74, 6) is 0. The first-order valence-electron chi connectivity index (χ1n) is 5.41. The quantitative estimate of drug-likeness (QED) is 0.610. The van der Waals surface area contributed by atoms with Gasteiger partial charge in [-0.05, 0) is 41.5 Å². The van der Waals surface area contributed by atoms with Gasteiger partial charge in [-0.1, -0.05) is 30.8 Å². The third kappa shape index (κ3) is 1.33. The Bertz CT molecular complexity index is 636. The number of allylic oxidation sites excluding steroid dienone is 1. The number of nitrogens with one attached hydrogen (secondary N) is 1. The lowest BCUT2D eigenvalue weighted by Crippen LogP contribution is -1.75. The highest BCUT2D eigenvalue weighted by Gasteiger charge is 2.02. The Morgan fingerprint density at radius 1 is 1.00 bits per heavy atom. The van der Waals surface area contributed by atoms with Gasteiger partial charge in [0.25, 0.3) is 0 Å². The van der Waals surface area contributed by atoms with E-state index in [1.165, 1.54) is 21.7 Å². The Labute approximate surface area is 94.4 Å². The third-order valence-corrected chi connectivity index (χ3v) is 2.95. The summed E-state index contributed by atoms with van der Waals surface area (Å²) < 4.78 is 0. The Hall–Kier alpha value is -2.02. The van der Waals surface area contributed by atoms with Crippen LogP contribution >= 0.6 is 0 Å². The van der Waals surface area contributed by atoms with Gasteiger partial charge >= 0.3 is 0 Å². The molecule has 1 aromatic heterocycles. The van der Waals surface area contributed by atoms with E-state index < -0.39 is 0 Å². The minimum absolute atomic E-state index is 1.07. The second-order valence-corrected chi connectivity index (χ2v) is 4.25. The molecule has 0 aliphatic rings. The lowest BCUT2D eigenvalue weighted by molar-refractivity contribution is 1.39. The molecule has 0 fully saturated rings. The summed E-state index contributed by atoms with van der Waals surface area (Å²) >= 11 is 0. The maximum atomic E-state index is 3.96. The topological polar surface area (TPSA) is 15.8 Å². The average Bonchev–Trinajstić information content (AvgIpc) is 2.68. The SMILES string of the molecule is C=C(C)c1cc2cc3ccccc3cc2[nH]1. The predicted octanol–water partition coefficient (Wildman–Crippen LogP) is 4.35. The molecule has 1 heteroatoms. The molecule has 0 bridgehead atoms. The molecule has 0 atom stereocenters. The van der Waals surface area contributed by atoms with Crippen LogP contribution in [0.4, 0.5) is 0 Å². The van der Waals surface area contributed by atoms with Crippen molar-refractivity contribution in [2.75, 3.05) is 0 Å². The fraction of sp³-hybridized carbons (Fsp3) is 0.0667. The van der Waals surface area contributed by atoms with Crippen LogP contribution < -0.4 is 0 Å². The van der Waals surface area contributed by atoms with Crippen LogP contribution in [-0.4, -0.2) is 4.98 Å². The minimum Gasteiger partial charge on any atom is -0.355 e. The lowest BCUT2D eigenvalue weighted by Gasteiger charge is -1.96. The van der Waals surface area contributed by atoms with E-state index in [-0.39, 0.29) is 0 Å². The van der Waals surface area contributed by atoms with Crippen molar-refractivity contribution in [1.29, 1.82) is 0 Å². The van der Waals surface area contributed by atoms with Crippen LogP contribution in [0.3, 0.4) is 0 Å². The van der Waals surface area contributed by atoms with E-state index in [2.05, 4.69) is 54.0 Å². The Morgan fingerprint density at radius 2 is 1.69 bits per heavy atom. The Kier molecular flexibility index (Phi) is 1.87.